The van der Waals surface area contributed by atoms with Crippen LogP contribution in [0.2, 0.25) is 0 Å². The first-order valence-electron chi connectivity index (χ1n) is 20.7. The van der Waals surface area contributed by atoms with Gasteiger partial charge in [-0.15, -0.1) is 0 Å². The van der Waals surface area contributed by atoms with Crippen molar-refractivity contribution in [2.45, 2.75) is 50.2 Å². The van der Waals surface area contributed by atoms with E-state index in [0.29, 0.717) is 12.1 Å². The number of methoxy groups -OCH3 is 2. The Balaban J connectivity index is 2.14. The van der Waals surface area contributed by atoms with Crippen LogP contribution in [-0.4, -0.2) is 126 Å². The molecule has 22 N–H and O–H groups in total. The topological polar surface area (TPSA) is 572 Å². The average molecular weight is 1030 g/mol. The highest BCUT2D eigenvalue weighted by molar-refractivity contribution is 5.99. The monoisotopic (exact) mass is 1030 g/mol. The van der Waals surface area contributed by atoms with Gasteiger partial charge in [-0.25, -0.2) is 20.0 Å². The van der Waals surface area contributed by atoms with E-state index in [4.69, 9.17) is 55.3 Å². The Labute approximate surface area is 417 Å². The number of guanidine groups is 3. The lowest BCUT2D eigenvalue weighted by Gasteiger charge is -2.32. The first kappa shape index (κ1) is 57.7. The molecule has 0 radical (unpaired) electrons. The average Bonchev–Trinajstić information content (AvgIpc) is 3.33. The van der Waals surface area contributed by atoms with E-state index in [-0.39, 0.29) is 28.5 Å². The highest BCUT2D eigenvalue weighted by Gasteiger charge is 2.40. The molecule has 3 aromatic carbocycles. The molecule has 3 aromatic rings. The van der Waals surface area contributed by atoms with Crippen LogP contribution in [0.4, 0.5) is 17.1 Å². The number of rotatable bonds is 25. The number of aliphatic imine (C=N–C) groups is 4. The van der Waals surface area contributed by atoms with Gasteiger partial charge in [-0.3, -0.25) is 49.0 Å². The SMILES string of the molecule is COc1ccc(CN(c2c([N+](=O)[O-])cc(C#N)cc2[N+](=O)[O-])C(CO)C(=O)NC(C(=O)NC(N=C(N)N)C(=O)NC(N=C(N)N)C(=O)NC(N=C(C)N)C(=O)NC(N=C(N)N)C(N)=O)c2ccccc2)c(OC)c1. The lowest BCUT2D eigenvalue weighted by molar-refractivity contribution is -0.392. The molecule has 0 aromatic heterocycles. The molecule has 6 unspecified atom stereocenters. The van der Waals surface area contributed by atoms with Gasteiger partial charge in [0.05, 0.1) is 48.1 Å². The molecule has 34 nitrogen and oxygen atoms in total. The third kappa shape index (κ3) is 16.0. The second-order valence-electron chi connectivity index (χ2n) is 14.8. The summed E-state index contributed by atoms with van der Waals surface area (Å²) in [6, 6.07) is 10.3. The number of ether oxygens (including phenoxy) is 2. The van der Waals surface area contributed by atoms with Crippen LogP contribution in [-0.2, 0) is 35.3 Å². The lowest BCUT2D eigenvalue weighted by atomic mass is 10.0. The Morgan fingerprint density at radius 1 is 0.676 bits per heavy atom. The summed E-state index contributed by atoms with van der Waals surface area (Å²) < 4.78 is 10.7. The molecule has 6 atom stereocenters. The summed E-state index contributed by atoms with van der Waals surface area (Å²) in [6.45, 7) is -0.714. The van der Waals surface area contributed by atoms with Crippen molar-refractivity contribution in [1.29, 1.82) is 5.26 Å². The summed E-state index contributed by atoms with van der Waals surface area (Å²) >= 11 is 0. The molecule has 74 heavy (non-hydrogen) atoms. The van der Waals surface area contributed by atoms with Crippen molar-refractivity contribution in [2.75, 3.05) is 25.7 Å². The molecule has 0 saturated carbocycles. The van der Waals surface area contributed by atoms with Crippen LogP contribution in [0.1, 0.15) is 29.7 Å². The predicted molar refractivity (Wildman–Crippen MR) is 260 cm³/mol. The number of benzene rings is 3. The van der Waals surface area contributed by atoms with Crippen molar-refractivity contribution >= 4 is 76.2 Å². The molecule has 0 aliphatic carbocycles. The zero-order chi connectivity index (χ0) is 55.6. The summed E-state index contributed by atoms with van der Waals surface area (Å²) in [5.74, 6) is -10.4. The Hall–Kier alpha value is -10.6. The maximum atomic E-state index is 14.6. The lowest BCUT2D eigenvalue weighted by Crippen LogP contribution is -2.58. The predicted octanol–water partition coefficient (Wildman–Crippen LogP) is -5.93. The number of carbonyl (C=O) groups is 6. The highest BCUT2D eigenvalue weighted by Crippen LogP contribution is 2.41. The third-order valence-corrected chi connectivity index (χ3v) is 9.55. The zero-order valence-corrected chi connectivity index (χ0v) is 39.2. The van der Waals surface area contributed by atoms with Gasteiger partial charge in [0.15, 0.2) is 23.6 Å². The van der Waals surface area contributed by atoms with E-state index < -0.39 is 136 Å². The van der Waals surface area contributed by atoms with E-state index in [1.165, 1.54) is 69.7 Å². The molecule has 6 amide bonds. The number of nitriles is 1. The number of nitrogens with one attached hydrogen (secondary N) is 5. The number of carbonyl (C=O) groups excluding carboxylic acids is 6. The van der Waals surface area contributed by atoms with Crippen molar-refractivity contribution in [3.05, 3.63) is 97.6 Å². The van der Waals surface area contributed by atoms with E-state index in [9.17, 15) is 59.4 Å². The molecular weight excluding hydrogens is 983 g/mol. The molecule has 34 heteroatoms. The summed E-state index contributed by atoms with van der Waals surface area (Å²) in [4.78, 5) is 120. The molecule has 0 heterocycles. The smallest absolute Gasteiger partial charge is 0.301 e. The van der Waals surface area contributed by atoms with Crippen LogP contribution in [0.3, 0.4) is 0 Å². The largest absolute Gasteiger partial charge is 0.497 e. The molecule has 3 rings (SSSR count). The van der Waals surface area contributed by atoms with Crippen molar-refractivity contribution in [1.82, 2.24) is 26.6 Å². The van der Waals surface area contributed by atoms with E-state index in [1.807, 2.05) is 5.32 Å². The zero-order valence-electron chi connectivity index (χ0n) is 39.2. The van der Waals surface area contributed by atoms with Crippen molar-refractivity contribution in [3.8, 4) is 17.6 Å². The number of hydrogen-bond acceptors (Lipinski definition) is 19. The molecule has 394 valence electrons. The number of nitro benzene ring substituents is 2. The maximum Gasteiger partial charge on any atom is 0.301 e. The van der Waals surface area contributed by atoms with Crippen LogP contribution in [0, 0.1) is 31.6 Å². The Kier molecular flexibility index (Phi) is 20.6. The molecule has 0 aliphatic rings. The van der Waals surface area contributed by atoms with Gasteiger partial charge in [0.2, 0.25) is 36.5 Å². The van der Waals surface area contributed by atoms with Gasteiger partial charge in [-0.1, -0.05) is 30.3 Å². The second kappa shape index (κ2) is 26.4. The van der Waals surface area contributed by atoms with Crippen LogP contribution in [0.15, 0.2) is 80.6 Å². The molecule has 0 saturated heterocycles. The Morgan fingerprint density at radius 3 is 1.57 bits per heavy atom. The molecule has 0 aliphatic heterocycles. The van der Waals surface area contributed by atoms with Gasteiger partial charge in [-0.2, -0.15) is 5.26 Å². The number of aliphatic hydroxyl groups excluding tert-OH is 1. The minimum absolute atomic E-state index is 0.0335. The normalized spacial score (nSPS) is 13.1. The number of primary amides is 1. The quantitative estimate of drug-likeness (QED) is 0.0163. The summed E-state index contributed by atoms with van der Waals surface area (Å²) in [7, 11) is 2.59. The molecular formula is C40H51N21O13. The van der Waals surface area contributed by atoms with Crippen molar-refractivity contribution < 1.29 is 53.2 Å². The minimum Gasteiger partial charge on any atom is -0.497 e. The molecule has 0 spiro atoms. The molecule has 0 fully saturated rings. The first-order valence-corrected chi connectivity index (χ1v) is 20.7. The van der Waals surface area contributed by atoms with Gasteiger partial charge >= 0.3 is 11.4 Å². The number of anilines is 1. The summed E-state index contributed by atoms with van der Waals surface area (Å²) in [5, 5.41) is 56.4. The van der Waals surface area contributed by atoms with Gasteiger partial charge in [0.1, 0.15) is 23.6 Å². The van der Waals surface area contributed by atoms with Crippen LogP contribution in [0.25, 0.3) is 0 Å². The number of amides is 6. The standard InChI is InChI=1S/C40H51N21O13/c1-17(42)50-30(35(66)52-29(28(43)63)56-38(44)45)54-37(68)32(58-40(48)49)55-36(67)31(57-39(46)47)53-34(65)26(19-7-5-4-6-8-19)51-33(64)24(16-62)59(15-20-9-10-21(73-2)13-25(20)74-3)27-22(60(69)70)11-18(14-41)12-23(27)61(71)72/h4-13,24,26,29-32,62H,15-16H2,1-3H3,(H2,42,50)(H2,43,63)(H,51,64)(H,52,66)(H,53,65)(H,54,68)(H,55,67)(H4,44,45,56)(H4,46,47,57)(H4,48,49,58). The number of nitro groups is 2. The number of amidine groups is 1. The van der Waals surface area contributed by atoms with Crippen LogP contribution < -0.4 is 86.8 Å². The van der Waals surface area contributed by atoms with Crippen molar-refractivity contribution in [3.63, 3.8) is 0 Å². The summed E-state index contributed by atoms with van der Waals surface area (Å²) in [6.07, 6.45) is -8.35. The summed E-state index contributed by atoms with van der Waals surface area (Å²) in [5.41, 5.74) is 40.4. The van der Waals surface area contributed by atoms with E-state index in [1.54, 1.807) is 6.07 Å². The van der Waals surface area contributed by atoms with Gasteiger partial charge in [0, 0.05) is 30.3 Å². The number of hydrogen-bond donors (Lipinski definition) is 14. The number of aliphatic hydroxyl groups is 1. The second-order valence-corrected chi connectivity index (χ2v) is 14.8. The molecule has 0 bridgehead atoms. The fourth-order valence-corrected chi connectivity index (χ4v) is 6.41. The maximum absolute atomic E-state index is 14.6. The van der Waals surface area contributed by atoms with E-state index in [2.05, 4.69) is 41.2 Å². The number of nitrogens with zero attached hydrogens (tertiary/aromatic N) is 8. The first-order chi connectivity index (χ1) is 34.8. The Morgan fingerprint density at radius 2 is 1.15 bits per heavy atom. The fourth-order valence-electron chi connectivity index (χ4n) is 6.41. The fraction of sp³-hybridized carbons (Fsp3) is 0.275. The number of nitrogens with two attached hydrogens (primary N) is 8. The van der Waals surface area contributed by atoms with E-state index >= 15 is 0 Å². The highest BCUT2D eigenvalue weighted by atomic mass is 16.6. The van der Waals surface area contributed by atoms with Gasteiger partial charge in [0.25, 0.3) is 23.6 Å². The van der Waals surface area contributed by atoms with Crippen LogP contribution >= 0.6 is 0 Å². The minimum atomic E-state index is -2.24. The third-order valence-electron chi connectivity index (χ3n) is 9.55. The van der Waals surface area contributed by atoms with Gasteiger partial charge < -0.3 is 91.9 Å². The van der Waals surface area contributed by atoms with Crippen LogP contribution in [0.5, 0.6) is 11.5 Å². The van der Waals surface area contributed by atoms with Gasteiger partial charge in [-0.05, 0) is 24.6 Å². The van der Waals surface area contributed by atoms with Crippen molar-refractivity contribution in [2.24, 2.45) is 65.8 Å². The Bertz CT molecular complexity index is 2750. The van der Waals surface area contributed by atoms with E-state index in [0.717, 1.165) is 4.90 Å².